The van der Waals surface area contributed by atoms with E-state index < -0.39 is 5.91 Å². The number of amides is 2. The van der Waals surface area contributed by atoms with Crippen LogP contribution in [-0.2, 0) is 6.54 Å². The van der Waals surface area contributed by atoms with Crippen molar-refractivity contribution in [2.24, 2.45) is 0 Å². The summed E-state index contributed by atoms with van der Waals surface area (Å²) in [6.07, 6.45) is 1.59. The van der Waals surface area contributed by atoms with Gasteiger partial charge in [-0.2, -0.15) is 0 Å². The average molecular weight is 377 g/mol. The van der Waals surface area contributed by atoms with Crippen molar-refractivity contribution < 1.29 is 19.5 Å². The predicted octanol–water partition coefficient (Wildman–Crippen LogP) is 2.81. The molecule has 0 radical (unpaired) electrons. The molecule has 0 aliphatic carbocycles. The molecule has 3 rings (SSSR count). The van der Waals surface area contributed by atoms with Crippen LogP contribution in [0.2, 0.25) is 0 Å². The van der Waals surface area contributed by atoms with Gasteiger partial charge in [-0.3, -0.25) is 19.8 Å². The minimum atomic E-state index is -0.585. The Morgan fingerprint density at radius 3 is 2.32 bits per heavy atom. The first-order chi connectivity index (χ1) is 13.6. The Balaban J connectivity index is 1.66. The molecule has 28 heavy (non-hydrogen) atoms. The first-order valence-corrected chi connectivity index (χ1v) is 8.53. The van der Waals surface area contributed by atoms with E-state index in [4.69, 9.17) is 9.94 Å². The number of hydrogen-bond acceptors (Lipinski definition) is 5. The largest absolute Gasteiger partial charge is 0.497 e. The van der Waals surface area contributed by atoms with Crippen molar-refractivity contribution in [3.8, 4) is 17.0 Å². The van der Waals surface area contributed by atoms with E-state index >= 15 is 0 Å². The van der Waals surface area contributed by atoms with E-state index in [-0.39, 0.29) is 5.91 Å². The number of rotatable bonds is 6. The van der Waals surface area contributed by atoms with Crippen molar-refractivity contribution in [1.29, 1.82) is 0 Å². The fourth-order valence-corrected chi connectivity index (χ4v) is 2.61. The van der Waals surface area contributed by atoms with Crippen LogP contribution in [0.25, 0.3) is 11.3 Å². The van der Waals surface area contributed by atoms with E-state index in [2.05, 4.69) is 10.3 Å². The quantitative estimate of drug-likeness (QED) is 0.453. The summed E-state index contributed by atoms with van der Waals surface area (Å²) in [5, 5.41) is 11.5. The lowest BCUT2D eigenvalue weighted by Gasteiger charge is -2.08. The summed E-state index contributed by atoms with van der Waals surface area (Å²) in [4.78, 5) is 28.1. The highest BCUT2D eigenvalue weighted by Crippen LogP contribution is 2.21. The molecule has 0 spiro atoms. The lowest BCUT2D eigenvalue weighted by molar-refractivity contribution is 0.0706. The van der Waals surface area contributed by atoms with E-state index in [1.54, 1.807) is 55.2 Å². The van der Waals surface area contributed by atoms with Gasteiger partial charge < -0.3 is 10.1 Å². The van der Waals surface area contributed by atoms with Crippen LogP contribution in [0.1, 0.15) is 26.3 Å². The highest BCUT2D eigenvalue weighted by molar-refractivity contribution is 5.95. The van der Waals surface area contributed by atoms with Gasteiger partial charge in [0.05, 0.1) is 12.8 Å². The lowest BCUT2D eigenvalue weighted by Crippen LogP contribution is -2.23. The Labute approximate surface area is 162 Å². The Bertz CT molecular complexity index is 970. The molecule has 1 heterocycles. The Morgan fingerprint density at radius 2 is 1.68 bits per heavy atom. The van der Waals surface area contributed by atoms with E-state index in [1.165, 1.54) is 0 Å². The highest BCUT2D eigenvalue weighted by Gasteiger charge is 2.09. The molecule has 3 N–H and O–H groups in total. The smallest absolute Gasteiger partial charge is 0.274 e. The molecular weight excluding hydrogens is 358 g/mol. The Hall–Kier alpha value is -3.71. The van der Waals surface area contributed by atoms with Crippen LogP contribution in [0.4, 0.5) is 0 Å². The van der Waals surface area contributed by atoms with Gasteiger partial charge in [0.1, 0.15) is 5.75 Å². The van der Waals surface area contributed by atoms with E-state index in [1.807, 2.05) is 24.3 Å². The lowest BCUT2D eigenvalue weighted by atomic mass is 10.1. The zero-order valence-corrected chi connectivity index (χ0v) is 15.2. The number of aromatic nitrogens is 1. The molecule has 2 aromatic carbocycles. The molecule has 0 saturated carbocycles. The van der Waals surface area contributed by atoms with Crippen molar-refractivity contribution >= 4 is 11.8 Å². The molecule has 0 fully saturated rings. The number of hydroxylamine groups is 1. The van der Waals surface area contributed by atoms with Gasteiger partial charge in [0.15, 0.2) is 0 Å². The molecule has 2 amide bonds. The number of methoxy groups -OCH3 is 1. The molecule has 1 aromatic heterocycles. The van der Waals surface area contributed by atoms with Crippen molar-refractivity contribution in [1.82, 2.24) is 15.8 Å². The minimum absolute atomic E-state index is 0.227. The van der Waals surface area contributed by atoms with Gasteiger partial charge in [-0.05, 0) is 54.1 Å². The van der Waals surface area contributed by atoms with Gasteiger partial charge in [0, 0.05) is 29.4 Å². The van der Waals surface area contributed by atoms with Crippen LogP contribution in [0, 0.1) is 0 Å². The van der Waals surface area contributed by atoms with Gasteiger partial charge in [-0.15, -0.1) is 0 Å². The van der Waals surface area contributed by atoms with Gasteiger partial charge in [-0.1, -0.05) is 12.1 Å². The summed E-state index contributed by atoms with van der Waals surface area (Å²) >= 11 is 0. The van der Waals surface area contributed by atoms with Crippen molar-refractivity contribution in [2.45, 2.75) is 6.54 Å². The number of nitrogens with one attached hydrogen (secondary N) is 2. The van der Waals surface area contributed by atoms with Gasteiger partial charge in [0.25, 0.3) is 11.8 Å². The standard InChI is InChI=1S/C21H19N3O4/c1-28-18-8-6-15(7-9-18)19-12-17(10-11-22-19)20(25)23-13-14-2-4-16(5-3-14)21(26)24-27/h2-12,27H,13H2,1H3,(H,23,25)(H,24,26). The van der Waals surface area contributed by atoms with Crippen molar-refractivity contribution in [3.05, 3.63) is 83.6 Å². The van der Waals surface area contributed by atoms with E-state index in [0.29, 0.717) is 23.4 Å². The third-order valence-corrected chi connectivity index (χ3v) is 4.18. The monoisotopic (exact) mass is 377 g/mol. The number of nitrogens with zero attached hydrogens (tertiary/aromatic N) is 1. The molecular formula is C21H19N3O4. The van der Waals surface area contributed by atoms with Crippen molar-refractivity contribution in [3.63, 3.8) is 0 Å². The molecule has 0 atom stereocenters. The number of hydrogen-bond donors (Lipinski definition) is 3. The Kier molecular flexibility index (Phi) is 5.98. The normalized spacial score (nSPS) is 10.2. The summed E-state index contributed by atoms with van der Waals surface area (Å²) < 4.78 is 5.15. The number of carbonyl (C=O) groups excluding carboxylic acids is 2. The highest BCUT2D eigenvalue weighted by atomic mass is 16.5. The SMILES string of the molecule is COc1ccc(-c2cc(C(=O)NCc3ccc(C(=O)NO)cc3)ccn2)cc1. The second-order valence-corrected chi connectivity index (χ2v) is 5.98. The Morgan fingerprint density at radius 1 is 0.964 bits per heavy atom. The van der Waals surface area contributed by atoms with E-state index in [9.17, 15) is 9.59 Å². The van der Waals surface area contributed by atoms with Crippen LogP contribution >= 0.6 is 0 Å². The summed E-state index contributed by atoms with van der Waals surface area (Å²) in [7, 11) is 1.60. The third kappa shape index (κ3) is 4.52. The molecule has 0 aliphatic rings. The summed E-state index contributed by atoms with van der Waals surface area (Å²) in [5.41, 5.74) is 4.80. The zero-order valence-electron chi connectivity index (χ0n) is 15.2. The molecule has 7 nitrogen and oxygen atoms in total. The van der Waals surface area contributed by atoms with E-state index in [0.717, 1.165) is 16.9 Å². The maximum absolute atomic E-state index is 12.5. The maximum Gasteiger partial charge on any atom is 0.274 e. The van der Waals surface area contributed by atoms with Crippen molar-refractivity contribution in [2.75, 3.05) is 7.11 Å². The second-order valence-electron chi connectivity index (χ2n) is 5.98. The third-order valence-electron chi connectivity index (χ3n) is 4.18. The second kappa shape index (κ2) is 8.79. The summed E-state index contributed by atoms with van der Waals surface area (Å²) in [5.74, 6) is -0.0621. The first-order valence-electron chi connectivity index (χ1n) is 8.53. The molecule has 3 aromatic rings. The van der Waals surface area contributed by atoms with Crippen LogP contribution in [0.3, 0.4) is 0 Å². The number of carbonyl (C=O) groups is 2. The van der Waals surface area contributed by atoms with Crippen LogP contribution < -0.4 is 15.5 Å². The van der Waals surface area contributed by atoms with Gasteiger partial charge in [0.2, 0.25) is 0 Å². The van der Waals surface area contributed by atoms with Gasteiger partial charge in [-0.25, -0.2) is 5.48 Å². The molecule has 0 aliphatic heterocycles. The molecule has 0 unspecified atom stereocenters. The van der Waals surface area contributed by atoms with Crippen LogP contribution in [-0.4, -0.2) is 29.1 Å². The number of pyridine rings is 1. The van der Waals surface area contributed by atoms with Crippen LogP contribution in [0.15, 0.2) is 66.9 Å². The molecule has 7 heteroatoms. The topological polar surface area (TPSA) is 101 Å². The summed E-state index contributed by atoms with van der Waals surface area (Å²) in [6, 6.07) is 17.4. The van der Waals surface area contributed by atoms with Crippen LogP contribution in [0.5, 0.6) is 5.75 Å². The zero-order chi connectivity index (χ0) is 19.9. The molecule has 0 bridgehead atoms. The molecule has 142 valence electrons. The fraction of sp³-hybridized carbons (Fsp3) is 0.0952. The average Bonchev–Trinajstić information content (AvgIpc) is 2.77. The summed E-state index contributed by atoms with van der Waals surface area (Å²) in [6.45, 7) is 0.306. The minimum Gasteiger partial charge on any atom is -0.497 e. The number of ether oxygens (including phenoxy) is 1. The first kappa shape index (κ1) is 19.1. The maximum atomic E-state index is 12.5. The van der Waals surface area contributed by atoms with Gasteiger partial charge >= 0.3 is 0 Å². The number of benzene rings is 2. The molecule has 0 saturated heterocycles. The predicted molar refractivity (Wildman–Crippen MR) is 103 cm³/mol. The fourth-order valence-electron chi connectivity index (χ4n) is 2.61.